The highest BCUT2D eigenvalue weighted by Crippen LogP contribution is 2.42. The van der Waals surface area contributed by atoms with Crippen LogP contribution in [-0.4, -0.2) is 19.9 Å². The number of pyridine rings is 1. The van der Waals surface area contributed by atoms with Gasteiger partial charge < -0.3 is 8.83 Å². The van der Waals surface area contributed by atoms with Crippen LogP contribution in [0.15, 0.2) is 191 Å². The van der Waals surface area contributed by atoms with Crippen molar-refractivity contribution in [2.24, 2.45) is 0 Å². The van der Waals surface area contributed by atoms with E-state index in [9.17, 15) is 0 Å². The summed E-state index contributed by atoms with van der Waals surface area (Å²) in [4.78, 5) is 20.9. The fourth-order valence-corrected chi connectivity index (χ4v) is 8.42. The van der Waals surface area contributed by atoms with Crippen LogP contribution >= 0.6 is 0 Å². The van der Waals surface area contributed by atoms with Gasteiger partial charge in [-0.05, 0) is 47.5 Å². The number of hydrogen-bond acceptors (Lipinski definition) is 6. The van der Waals surface area contributed by atoms with Gasteiger partial charge >= 0.3 is 0 Å². The second kappa shape index (κ2) is 12.8. The molecule has 0 unspecified atom stereocenters. The summed E-state index contributed by atoms with van der Waals surface area (Å²) in [5.74, 6) is 1.69. The Morgan fingerprint density at radius 1 is 0.293 bits per heavy atom. The molecule has 6 nitrogen and oxygen atoms in total. The standard InChI is InChI=1S/C52H30N4O2/c1-3-12-31(13-4-1)32-22-24-34(25-23-32)50-54-51(56-52(55-50)40-18-11-21-44-46(40)37-16-7-9-19-42(37)57-44)35-26-27-36-41(30-35)53-49(33-14-5-2-6-15-33)39-28-29-45-48(47(36)39)38-17-8-10-20-43(38)58-45/h1-30H. The average molecular weight is 743 g/mol. The predicted octanol–water partition coefficient (Wildman–Crippen LogP) is 13.7. The van der Waals surface area contributed by atoms with Crippen molar-refractivity contribution >= 4 is 65.6 Å². The van der Waals surface area contributed by atoms with Gasteiger partial charge in [0.05, 0.1) is 11.2 Å². The average Bonchev–Trinajstić information content (AvgIpc) is 3.88. The van der Waals surface area contributed by atoms with Crippen molar-refractivity contribution in [2.75, 3.05) is 0 Å². The molecule has 0 aliphatic heterocycles. The number of hydrogen-bond donors (Lipinski definition) is 0. The number of benzene rings is 8. The molecule has 8 aromatic carbocycles. The van der Waals surface area contributed by atoms with Gasteiger partial charge in [0.25, 0.3) is 0 Å². The van der Waals surface area contributed by atoms with Gasteiger partial charge in [-0.15, -0.1) is 0 Å². The Balaban J connectivity index is 1.11. The quantitative estimate of drug-likeness (QED) is 0.163. The topological polar surface area (TPSA) is 77.8 Å². The molecule has 12 rings (SSSR count). The van der Waals surface area contributed by atoms with E-state index in [1.54, 1.807) is 0 Å². The molecule has 4 heterocycles. The molecule has 270 valence electrons. The van der Waals surface area contributed by atoms with Crippen LogP contribution in [0.25, 0.3) is 122 Å². The van der Waals surface area contributed by atoms with Gasteiger partial charge in [-0.25, -0.2) is 19.9 Å². The Morgan fingerprint density at radius 2 is 0.828 bits per heavy atom. The van der Waals surface area contributed by atoms with Crippen molar-refractivity contribution in [3.63, 3.8) is 0 Å². The lowest BCUT2D eigenvalue weighted by atomic mass is 9.95. The molecule has 0 saturated carbocycles. The monoisotopic (exact) mass is 742 g/mol. The molecule has 0 saturated heterocycles. The predicted molar refractivity (Wildman–Crippen MR) is 234 cm³/mol. The van der Waals surface area contributed by atoms with Gasteiger partial charge in [0.1, 0.15) is 22.3 Å². The zero-order valence-electron chi connectivity index (χ0n) is 30.9. The fraction of sp³-hybridized carbons (Fsp3) is 0. The van der Waals surface area contributed by atoms with E-state index in [4.69, 9.17) is 28.8 Å². The van der Waals surface area contributed by atoms with Crippen LogP contribution in [0.5, 0.6) is 0 Å². The fourth-order valence-electron chi connectivity index (χ4n) is 8.42. The summed E-state index contributed by atoms with van der Waals surface area (Å²) in [6.07, 6.45) is 0. The Morgan fingerprint density at radius 3 is 1.57 bits per heavy atom. The molecule has 0 radical (unpaired) electrons. The summed E-state index contributed by atoms with van der Waals surface area (Å²) in [6.45, 7) is 0. The van der Waals surface area contributed by atoms with Gasteiger partial charge in [-0.2, -0.15) is 0 Å². The molecule has 0 aliphatic carbocycles. The second-order valence-corrected chi connectivity index (χ2v) is 14.5. The number of furan rings is 2. The minimum Gasteiger partial charge on any atom is -0.456 e. The van der Waals surface area contributed by atoms with Gasteiger partial charge in [-0.1, -0.05) is 146 Å². The molecule has 0 bridgehead atoms. The number of para-hydroxylation sites is 2. The number of rotatable bonds is 5. The molecule has 0 amide bonds. The summed E-state index contributed by atoms with van der Waals surface area (Å²) >= 11 is 0. The van der Waals surface area contributed by atoms with Crippen molar-refractivity contribution in [1.82, 2.24) is 19.9 Å². The van der Waals surface area contributed by atoms with E-state index >= 15 is 0 Å². The minimum absolute atomic E-state index is 0.550. The summed E-state index contributed by atoms with van der Waals surface area (Å²) in [5, 5.41) is 7.32. The molecular weight excluding hydrogens is 713 g/mol. The van der Waals surface area contributed by atoms with Crippen LogP contribution in [0.2, 0.25) is 0 Å². The van der Waals surface area contributed by atoms with Gasteiger partial charge in [0.15, 0.2) is 17.5 Å². The third kappa shape index (κ3) is 5.12. The normalized spacial score (nSPS) is 11.8. The molecule has 0 spiro atoms. The first kappa shape index (κ1) is 32.3. The number of nitrogens with zero attached hydrogens (tertiary/aromatic N) is 4. The van der Waals surface area contributed by atoms with Crippen molar-refractivity contribution in [2.45, 2.75) is 0 Å². The Hall–Kier alpha value is -7.96. The van der Waals surface area contributed by atoms with Crippen LogP contribution in [0.4, 0.5) is 0 Å². The van der Waals surface area contributed by atoms with E-state index in [0.29, 0.717) is 17.5 Å². The first-order valence-corrected chi connectivity index (χ1v) is 19.3. The van der Waals surface area contributed by atoms with Crippen molar-refractivity contribution in [1.29, 1.82) is 0 Å². The first-order chi connectivity index (χ1) is 28.7. The summed E-state index contributed by atoms with van der Waals surface area (Å²) < 4.78 is 12.7. The molecular formula is C52H30N4O2. The molecule has 6 heteroatoms. The maximum atomic E-state index is 6.39. The highest BCUT2D eigenvalue weighted by atomic mass is 16.3. The van der Waals surface area contributed by atoms with Gasteiger partial charge in [0, 0.05) is 60.0 Å². The van der Waals surface area contributed by atoms with Gasteiger partial charge in [-0.3, -0.25) is 0 Å². The van der Waals surface area contributed by atoms with Gasteiger partial charge in [0.2, 0.25) is 0 Å². The lowest BCUT2D eigenvalue weighted by Gasteiger charge is -2.13. The van der Waals surface area contributed by atoms with Crippen LogP contribution in [0.1, 0.15) is 0 Å². The highest BCUT2D eigenvalue weighted by molar-refractivity contribution is 6.28. The third-order valence-corrected chi connectivity index (χ3v) is 11.1. The first-order valence-electron chi connectivity index (χ1n) is 19.3. The van der Waals surface area contributed by atoms with Crippen molar-refractivity contribution in [3.8, 4) is 56.5 Å². The van der Waals surface area contributed by atoms with E-state index in [2.05, 4.69) is 127 Å². The number of fused-ring (bicyclic) bond motifs is 10. The maximum Gasteiger partial charge on any atom is 0.164 e. The second-order valence-electron chi connectivity index (χ2n) is 14.5. The van der Waals surface area contributed by atoms with E-state index in [-0.39, 0.29) is 0 Å². The maximum absolute atomic E-state index is 6.39. The van der Waals surface area contributed by atoms with E-state index in [1.165, 1.54) is 0 Å². The van der Waals surface area contributed by atoms with E-state index < -0.39 is 0 Å². The Labute approximate surface area is 331 Å². The molecule has 58 heavy (non-hydrogen) atoms. The van der Waals surface area contributed by atoms with Crippen LogP contribution in [0, 0.1) is 0 Å². The Bertz CT molecular complexity index is 3560. The van der Waals surface area contributed by atoms with E-state index in [0.717, 1.165) is 105 Å². The highest BCUT2D eigenvalue weighted by Gasteiger charge is 2.21. The molecule has 0 atom stereocenters. The molecule has 0 N–H and O–H groups in total. The van der Waals surface area contributed by atoms with Crippen LogP contribution in [0.3, 0.4) is 0 Å². The minimum atomic E-state index is 0.550. The molecule has 0 aliphatic rings. The van der Waals surface area contributed by atoms with E-state index in [1.807, 2.05) is 54.6 Å². The summed E-state index contributed by atoms with van der Waals surface area (Å²) in [5.41, 5.74) is 10.9. The largest absolute Gasteiger partial charge is 0.456 e. The summed E-state index contributed by atoms with van der Waals surface area (Å²) in [6, 6.07) is 62.1. The zero-order valence-corrected chi connectivity index (χ0v) is 30.9. The van der Waals surface area contributed by atoms with Crippen LogP contribution in [-0.2, 0) is 0 Å². The Kier molecular flexibility index (Phi) is 7.13. The molecule has 12 aromatic rings. The smallest absolute Gasteiger partial charge is 0.164 e. The SMILES string of the molecule is c1ccc(-c2ccc(-c3nc(-c4ccc5c(c4)nc(-c4ccccc4)c4ccc6oc7ccccc7c6c45)nc(-c4cccc5oc6ccccc6c45)n3)cc2)cc1. The molecule has 0 fully saturated rings. The van der Waals surface area contributed by atoms with Crippen LogP contribution < -0.4 is 0 Å². The number of aromatic nitrogens is 4. The third-order valence-electron chi connectivity index (χ3n) is 11.1. The van der Waals surface area contributed by atoms with Crippen molar-refractivity contribution in [3.05, 3.63) is 182 Å². The van der Waals surface area contributed by atoms with Crippen molar-refractivity contribution < 1.29 is 8.83 Å². The molecule has 4 aromatic heterocycles. The lowest BCUT2D eigenvalue weighted by molar-refractivity contribution is 0.668. The zero-order chi connectivity index (χ0) is 38.2. The summed E-state index contributed by atoms with van der Waals surface area (Å²) in [7, 11) is 0. The lowest BCUT2D eigenvalue weighted by Crippen LogP contribution is -2.01.